The summed E-state index contributed by atoms with van der Waals surface area (Å²) in [4.78, 5) is 2.87. The van der Waals surface area contributed by atoms with Gasteiger partial charge in [-0.25, -0.2) is 0 Å². The second-order valence-electron chi connectivity index (χ2n) is 4.86. The monoisotopic (exact) mass is 290 g/mol. The summed E-state index contributed by atoms with van der Waals surface area (Å²) in [6.07, 6.45) is 3.34. The smallest absolute Gasteiger partial charge is 0.0339 e. The third kappa shape index (κ3) is 3.03. The number of hydrogen-bond donors (Lipinski definition) is 2. The molecule has 1 aliphatic heterocycles. The molecule has 0 amide bonds. The van der Waals surface area contributed by atoms with E-state index in [0.717, 1.165) is 19.3 Å². The van der Waals surface area contributed by atoms with Crippen LogP contribution in [0.15, 0.2) is 46.7 Å². The largest absolute Gasteiger partial charge is 0.271 e. The van der Waals surface area contributed by atoms with E-state index in [1.54, 1.807) is 0 Å². The van der Waals surface area contributed by atoms with E-state index in [-0.39, 0.29) is 0 Å². The molecular formula is C15H18N2S2. The number of rotatable bonds is 5. The molecule has 3 N–H and O–H groups in total. The first-order valence-corrected chi connectivity index (χ1v) is 8.36. The first-order chi connectivity index (χ1) is 9.36. The van der Waals surface area contributed by atoms with Crippen molar-refractivity contribution in [2.45, 2.75) is 35.4 Å². The lowest BCUT2D eigenvalue weighted by Gasteiger charge is -2.21. The number of thiophene rings is 1. The van der Waals surface area contributed by atoms with Gasteiger partial charge in [-0.3, -0.25) is 11.3 Å². The van der Waals surface area contributed by atoms with Gasteiger partial charge in [0.25, 0.3) is 0 Å². The number of hydrazine groups is 1. The molecule has 2 atom stereocenters. The molecule has 1 aromatic heterocycles. The Bertz CT molecular complexity index is 500. The van der Waals surface area contributed by atoms with Crippen molar-refractivity contribution in [1.82, 2.24) is 5.43 Å². The minimum absolute atomic E-state index is 0.375. The van der Waals surface area contributed by atoms with Gasteiger partial charge >= 0.3 is 0 Å². The summed E-state index contributed by atoms with van der Waals surface area (Å²) < 4.78 is 0. The van der Waals surface area contributed by atoms with E-state index in [2.05, 4.69) is 47.2 Å². The Balaban J connectivity index is 1.61. The van der Waals surface area contributed by atoms with Crippen LogP contribution in [-0.2, 0) is 12.8 Å². The molecule has 1 aromatic carbocycles. The quantitative estimate of drug-likeness (QED) is 0.656. The number of benzene rings is 1. The molecule has 0 spiro atoms. The van der Waals surface area contributed by atoms with Gasteiger partial charge in [-0.15, -0.1) is 23.1 Å². The Morgan fingerprint density at radius 2 is 2.16 bits per heavy atom. The molecule has 0 saturated heterocycles. The summed E-state index contributed by atoms with van der Waals surface area (Å²) >= 11 is 3.80. The summed E-state index contributed by atoms with van der Waals surface area (Å²) in [7, 11) is 0. The van der Waals surface area contributed by atoms with Crippen molar-refractivity contribution in [2.24, 2.45) is 5.84 Å². The second-order valence-corrected chi connectivity index (χ2v) is 7.17. The summed E-state index contributed by atoms with van der Waals surface area (Å²) in [5, 5.41) is 2.70. The predicted molar refractivity (Wildman–Crippen MR) is 83.5 cm³/mol. The summed E-state index contributed by atoms with van der Waals surface area (Å²) in [5.74, 6) is 5.77. The van der Waals surface area contributed by atoms with E-state index >= 15 is 0 Å². The predicted octanol–water partition coefficient (Wildman–Crippen LogP) is 3.23. The molecule has 2 nitrogen and oxygen atoms in total. The van der Waals surface area contributed by atoms with Crippen LogP contribution in [0.2, 0.25) is 0 Å². The Hall–Kier alpha value is -0.810. The summed E-state index contributed by atoms with van der Waals surface area (Å²) in [5.41, 5.74) is 4.49. The second kappa shape index (κ2) is 6.09. The normalized spacial score (nSPS) is 19.3. The van der Waals surface area contributed by atoms with Crippen molar-refractivity contribution >= 4 is 23.1 Å². The highest BCUT2D eigenvalue weighted by atomic mass is 32.2. The lowest BCUT2D eigenvalue weighted by Crippen LogP contribution is -2.42. The van der Waals surface area contributed by atoms with Crippen LogP contribution in [0.4, 0.5) is 0 Å². The van der Waals surface area contributed by atoms with E-state index in [9.17, 15) is 0 Å². The molecular weight excluding hydrogens is 272 g/mol. The van der Waals surface area contributed by atoms with Crippen LogP contribution in [0, 0.1) is 0 Å². The van der Waals surface area contributed by atoms with Crippen LogP contribution in [0.5, 0.6) is 0 Å². The molecule has 0 bridgehead atoms. The Labute approximate surface area is 122 Å². The van der Waals surface area contributed by atoms with Crippen molar-refractivity contribution in [1.29, 1.82) is 0 Å². The number of aryl methyl sites for hydroxylation is 1. The van der Waals surface area contributed by atoms with Crippen molar-refractivity contribution < 1.29 is 0 Å². The average Bonchev–Trinajstić information content (AvgIpc) is 3.08. The SMILES string of the molecule is NNC(CCc1cccs1)C1Cc2ccccc2S1. The third-order valence-corrected chi connectivity index (χ3v) is 6.00. The van der Waals surface area contributed by atoms with Crippen molar-refractivity contribution in [3.05, 3.63) is 52.2 Å². The maximum atomic E-state index is 5.77. The zero-order valence-corrected chi connectivity index (χ0v) is 12.3. The highest BCUT2D eigenvalue weighted by Gasteiger charge is 2.28. The molecule has 0 aliphatic carbocycles. The fraction of sp³-hybridized carbons (Fsp3) is 0.333. The molecule has 3 rings (SSSR count). The van der Waals surface area contributed by atoms with Gasteiger partial charge in [0, 0.05) is 21.1 Å². The van der Waals surface area contributed by atoms with Gasteiger partial charge in [-0.1, -0.05) is 24.3 Å². The van der Waals surface area contributed by atoms with E-state index in [4.69, 9.17) is 5.84 Å². The van der Waals surface area contributed by atoms with Crippen molar-refractivity contribution in [2.75, 3.05) is 0 Å². The van der Waals surface area contributed by atoms with Crippen LogP contribution in [0.25, 0.3) is 0 Å². The van der Waals surface area contributed by atoms with Crippen molar-refractivity contribution in [3.8, 4) is 0 Å². The number of nitrogens with two attached hydrogens (primary N) is 1. The minimum Gasteiger partial charge on any atom is -0.271 e. The highest BCUT2D eigenvalue weighted by molar-refractivity contribution is 8.00. The third-order valence-electron chi connectivity index (χ3n) is 3.62. The summed E-state index contributed by atoms with van der Waals surface area (Å²) in [6.45, 7) is 0. The van der Waals surface area contributed by atoms with Gasteiger partial charge in [0.15, 0.2) is 0 Å². The summed E-state index contributed by atoms with van der Waals surface area (Å²) in [6, 6.07) is 13.4. The number of hydrogen-bond acceptors (Lipinski definition) is 4. The zero-order valence-electron chi connectivity index (χ0n) is 10.7. The fourth-order valence-electron chi connectivity index (χ4n) is 2.56. The zero-order chi connectivity index (χ0) is 13.1. The number of thioether (sulfide) groups is 1. The van der Waals surface area contributed by atoms with Crippen LogP contribution in [0.1, 0.15) is 16.9 Å². The van der Waals surface area contributed by atoms with Crippen LogP contribution in [0.3, 0.4) is 0 Å². The van der Waals surface area contributed by atoms with Gasteiger partial charge in [0.05, 0.1) is 0 Å². The lowest BCUT2D eigenvalue weighted by molar-refractivity contribution is 0.479. The Kier molecular flexibility index (Phi) is 4.23. The first kappa shape index (κ1) is 13.2. The maximum Gasteiger partial charge on any atom is 0.0339 e. The molecule has 1 aliphatic rings. The molecule has 0 fully saturated rings. The topological polar surface area (TPSA) is 38.0 Å². The minimum atomic E-state index is 0.375. The highest BCUT2D eigenvalue weighted by Crippen LogP contribution is 2.39. The van der Waals surface area contributed by atoms with Crippen molar-refractivity contribution in [3.63, 3.8) is 0 Å². The fourth-order valence-corrected chi connectivity index (χ4v) is 4.72. The van der Waals surface area contributed by atoms with Crippen LogP contribution < -0.4 is 11.3 Å². The van der Waals surface area contributed by atoms with Crippen LogP contribution in [-0.4, -0.2) is 11.3 Å². The molecule has 0 radical (unpaired) electrons. The van der Waals surface area contributed by atoms with E-state index in [1.807, 2.05) is 23.1 Å². The van der Waals surface area contributed by atoms with Crippen LogP contribution >= 0.6 is 23.1 Å². The first-order valence-electron chi connectivity index (χ1n) is 6.60. The number of fused-ring (bicyclic) bond motifs is 1. The maximum absolute atomic E-state index is 5.77. The number of nitrogens with one attached hydrogen (secondary N) is 1. The van der Waals surface area contributed by atoms with Gasteiger partial charge in [-0.2, -0.15) is 0 Å². The molecule has 100 valence electrons. The molecule has 2 unspecified atom stereocenters. The molecule has 4 heteroatoms. The molecule has 2 aromatic rings. The lowest BCUT2D eigenvalue weighted by atomic mass is 10.0. The van der Waals surface area contributed by atoms with Gasteiger partial charge < -0.3 is 0 Å². The molecule has 19 heavy (non-hydrogen) atoms. The standard InChI is InChI=1S/C15H18N2S2/c16-17-13(8-7-12-5-3-9-18-12)15-10-11-4-1-2-6-14(11)19-15/h1-6,9,13,15,17H,7-8,10,16H2. The van der Waals surface area contributed by atoms with Gasteiger partial charge in [0.2, 0.25) is 0 Å². The van der Waals surface area contributed by atoms with Gasteiger partial charge in [-0.05, 0) is 42.3 Å². The Morgan fingerprint density at radius 1 is 1.26 bits per heavy atom. The van der Waals surface area contributed by atoms with E-state index < -0.39 is 0 Å². The van der Waals surface area contributed by atoms with Gasteiger partial charge in [0.1, 0.15) is 0 Å². The Morgan fingerprint density at radius 3 is 2.89 bits per heavy atom. The van der Waals surface area contributed by atoms with E-state index in [0.29, 0.717) is 11.3 Å². The average molecular weight is 290 g/mol. The molecule has 2 heterocycles. The molecule has 0 saturated carbocycles. The van der Waals surface area contributed by atoms with E-state index in [1.165, 1.54) is 15.3 Å².